The van der Waals surface area contributed by atoms with Crippen molar-refractivity contribution in [1.29, 1.82) is 0 Å². The van der Waals surface area contributed by atoms with Crippen LogP contribution in [-0.4, -0.2) is 14.8 Å². The van der Waals surface area contributed by atoms with Gasteiger partial charge in [0.05, 0.1) is 6.04 Å². The summed E-state index contributed by atoms with van der Waals surface area (Å²) in [5, 5.41) is 4.53. The third kappa shape index (κ3) is 2.98. The van der Waals surface area contributed by atoms with Crippen LogP contribution in [0.2, 0.25) is 5.02 Å². The van der Waals surface area contributed by atoms with Crippen LogP contribution in [0.3, 0.4) is 0 Å². The number of hydrogen-bond donors (Lipinski definition) is 2. The van der Waals surface area contributed by atoms with Crippen molar-refractivity contribution in [1.82, 2.24) is 20.2 Å². The molecule has 0 amide bonds. The van der Waals surface area contributed by atoms with Gasteiger partial charge < -0.3 is 0 Å². The van der Waals surface area contributed by atoms with Gasteiger partial charge in [0.2, 0.25) is 0 Å². The molecule has 1 aromatic carbocycles. The van der Waals surface area contributed by atoms with E-state index in [0.29, 0.717) is 22.8 Å². The summed E-state index contributed by atoms with van der Waals surface area (Å²) in [6.45, 7) is 3.98. The molecule has 0 spiro atoms. The number of nitrogens with one attached hydrogen (secondary N) is 1. The van der Waals surface area contributed by atoms with Gasteiger partial charge in [0.25, 0.3) is 0 Å². The van der Waals surface area contributed by atoms with Crippen molar-refractivity contribution < 1.29 is 4.39 Å². The molecule has 0 aliphatic carbocycles. The summed E-state index contributed by atoms with van der Waals surface area (Å²) < 4.78 is 15.6. The predicted molar refractivity (Wildman–Crippen MR) is 75.6 cm³/mol. The Bertz CT molecular complexity index is 564. The molecule has 7 heteroatoms. The Morgan fingerprint density at radius 1 is 1.45 bits per heavy atom. The minimum Gasteiger partial charge on any atom is -0.271 e. The summed E-state index contributed by atoms with van der Waals surface area (Å²) in [5.74, 6) is 5.89. The minimum absolute atomic E-state index is 0.138. The highest BCUT2D eigenvalue weighted by atomic mass is 35.5. The lowest BCUT2D eigenvalue weighted by Crippen LogP contribution is -2.32. The molecule has 0 fully saturated rings. The van der Waals surface area contributed by atoms with E-state index >= 15 is 0 Å². The molecule has 3 N–H and O–H groups in total. The van der Waals surface area contributed by atoms with Gasteiger partial charge in [-0.15, -0.1) is 0 Å². The van der Waals surface area contributed by atoms with Crippen LogP contribution in [0.15, 0.2) is 24.5 Å². The fourth-order valence-electron chi connectivity index (χ4n) is 2.06. The second-order valence-electron chi connectivity index (χ2n) is 4.78. The summed E-state index contributed by atoms with van der Waals surface area (Å²) in [6, 6.07) is 4.37. The third-order valence-corrected chi connectivity index (χ3v) is 3.43. The van der Waals surface area contributed by atoms with E-state index in [9.17, 15) is 4.39 Å². The molecule has 5 nitrogen and oxygen atoms in total. The van der Waals surface area contributed by atoms with Crippen molar-refractivity contribution in [2.75, 3.05) is 0 Å². The zero-order chi connectivity index (χ0) is 14.7. The molecule has 0 aliphatic heterocycles. The van der Waals surface area contributed by atoms with E-state index in [1.165, 1.54) is 12.4 Å². The van der Waals surface area contributed by atoms with Crippen LogP contribution in [0.4, 0.5) is 4.39 Å². The first-order valence-electron chi connectivity index (χ1n) is 6.33. The third-order valence-electron chi connectivity index (χ3n) is 3.07. The molecule has 0 saturated heterocycles. The van der Waals surface area contributed by atoms with Crippen LogP contribution in [0.25, 0.3) is 0 Å². The summed E-state index contributed by atoms with van der Waals surface area (Å²) in [5.41, 5.74) is 3.07. The van der Waals surface area contributed by atoms with Crippen molar-refractivity contribution in [3.63, 3.8) is 0 Å². The first kappa shape index (κ1) is 14.9. The smallest absolute Gasteiger partial charge is 0.145 e. The van der Waals surface area contributed by atoms with Gasteiger partial charge in [-0.3, -0.25) is 5.84 Å². The summed E-state index contributed by atoms with van der Waals surface area (Å²) in [4.78, 5) is 4.21. The molecule has 0 aliphatic rings. The highest BCUT2D eigenvalue weighted by molar-refractivity contribution is 6.31. The molecule has 1 atom stereocenters. The average molecular weight is 298 g/mol. The van der Waals surface area contributed by atoms with Gasteiger partial charge in [0.1, 0.15) is 18.0 Å². The quantitative estimate of drug-likeness (QED) is 0.657. The molecule has 1 aromatic heterocycles. The lowest BCUT2D eigenvalue weighted by Gasteiger charge is -2.19. The van der Waals surface area contributed by atoms with Crippen LogP contribution < -0.4 is 11.3 Å². The summed E-state index contributed by atoms with van der Waals surface area (Å²) >= 11 is 6.04. The van der Waals surface area contributed by atoms with E-state index in [-0.39, 0.29) is 17.9 Å². The van der Waals surface area contributed by atoms with Crippen molar-refractivity contribution >= 4 is 11.6 Å². The van der Waals surface area contributed by atoms with E-state index in [1.54, 1.807) is 16.8 Å². The predicted octanol–water partition coefficient (Wildman–Crippen LogP) is 2.40. The van der Waals surface area contributed by atoms with Crippen molar-refractivity contribution in [3.8, 4) is 0 Å². The molecule has 2 aromatic rings. The number of hydrazine groups is 1. The van der Waals surface area contributed by atoms with Crippen LogP contribution in [0.5, 0.6) is 0 Å². The molecule has 108 valence electrons. The van der Waals surface area contributed by atoms with Gasteiger partial charge >= 0.3 is 0 Å². The first-order chi connectivity index (χ1) is 9.54. The van der Waals surface area contributed by atoms with Gasteiger partial charge in [0.15, 0.2) is 0 Å². The largest absolute Gasteiger partial charge is 0.271 e. The Hall–Kier alpha value is -1.50. The van der Waals surface area contributed by atoms with Gasteiger partial charge in [-0.2, -0.15) is 5.10 Å². The second-order valence-corrected chi connectivity index (χ2v) is 5.19. The number of rotatable bonds is 5. The second kappa shape index (κ2) is 6.30. The van der Waals surface area contributed by atoms with Gasteiger partial charge in [-0.25, -0.2) is 19.5 Å². The normalized spacial score (nSPS) is 12.9. The van der Waals surface area contributed by atoms with Crippen LogP contribution in [0, 0.1) is 5.82 Å². The molecular weight excluding hydrogens is 281 g/mol. The Balaban J connectivity index is 2.32. The highest BCUT2D eigenvalue weighted by Gasteiger charge is 2.21. The molecule has 1 heterocycles. The molecule has 20 heavy (non-hydrogen) atoms. The maximum Gasteiger partial charge on any atom is 0.145 e. The zero-order valence-corrected chi connectivity index (χ0v) is 12.1. The zero-order valence-electron chi connectivity index (χ0n) is 11.3. The van der Waals surface area contributed by atoms with Crippen molar-refractivity contribution in [2.24, 2.45) is 5.84 Å². The van der Waals surface area contributed by atoms with Gasteiger partial charge in [0, 0.05) is 23.0 Å². The van der Waals surface area contributed by atoms with E-state index in [0.717, 1.165) is 0 Å². The number of aromatic nitrogens is 3. The summed E-state index contributed by atoms with van der Waals surface area (Å²) in [7, 11) is 0. The lowest BCUT2D eigenvalue weighted by atomic mass is 10.0. The van der Waals surface area contributed by atoms with E-state index in [2.05, 4.69) is 15.5 Å². The van der Waals surface area contributed by atoms with Crippen LogP contribution in [-0.2, 0) is 6.42 Å². The summed E-state index contributed by atoms with van der Waals surface area (Å²) in [6.07, 6.45) is 1.76. The van der Waals surface area contributed by atoms with Crippen molar-refractivity contribution in [2.45, 2.75) is 32.4 Å². The van der Waals surface area contributed by atoms with Crippen LogP contribution >= 0.6 is 11.6 Å². The van der Waals surface area contributed by atoms with E-state index < -0.39 is 0 Å². The monoisotopic (exact) mass is 297 g/mol. The van der Waals surface area contributed by atoms with E-state index in [1.807, 2.05) is 13.8 Å². The number of benzene rings is 1. The van der Waals surface area contributed by atoms with Gasteiger partial charge in [-0.1, -0.05) is 17.7 Å². The fraction of sp³-hybridized carbons (Fsp3) is 0.385. The first-order valence-corrected chi connectivity index (χ1v) is 6.70. The molecule has 2 rings (SSSR count). The van der Waals surface area contributed by atoms with Gasteiger partial charge in [-0.05, 0) is 26.0 Å². The van der Waals surface area contributed by atoms with Crippen molar-refractivity contribution in [3.05, 3.63) is 46.8 Å². The fourth-order valence-corrected chi connectivity index (χ4v) is 2.30. The Labute approximate surface area is 121 Å². The maximum absolute atomic E-state index is 13.9. The molecule has 0 radical (unpaired) electrons. The standard InChI is InChI=1S/C13H17ClFN5/c1-8(2)20-13(17-7-18-20)12(19-16)6-9-10(14)4-3-5-11(9)15/h3-5,7-8,12,19H,6,16H2,1-2H3. The van der Waals surface area contributed by atoms with E-state index in [4.69, 9.17) is 17.4 Å². The molecule has 1 unspecified atom stereocenters. The Morgan fingerprint density at radius 2 is 2.20 bits per heavy atom. The number of nitrogens with two attached hydrogens (primary N) is 1. The minimum atomic E-state index is -0.366. The lowest BCUT2D eigenvalue weighted by molar-refractivity contribution is 0.435. The number of nitrogens with zero attached hydrogens (tertiary/aromatic N) is 3. The maximum atomic E-state index is 13.9. The SMILES string of the molecule is CC(C)n1ncnc1C(Cc1c(F)cccc1Cl)NN. The Kier molecular flexibility index (Phi) is 4.69. The number of halogens is 2. The highest BCUT2D eigenvalue weighted by Crippen LogP contribution is 2.25. The average Bonchev–Trinajstić information content (AvgIpc) is 2.88. The number of hydrogen-bond acceptors (Lipinski definition) is 4. The molecular formula is C13H17ClFN5. The Morgan fingerprint density at radius 3 is 2.80 bits per heavy atom. The van der Waals surface area contributed by atoms with Crippen LogP contribution in [0.1, 0.15) is 37.3 Å². The molecule has 0 saturated carbocycles. The topological polar surface area (TPSA) is 68.8 Å². The molecule has 0 bridgehead atoms.